The number of cyclic esters (lactones) is 1. The van der Waals surface area contributed by atoms with Gasteiger partial charge in [0.25, 0.3) is 11.7 Å². The fraction of sp³-hybridized carbons (Fsp3) is 0.308. The van der Waals surface area contributed by atoms with Crippen LogP contribution < -0.4 is 0 Å². The van der Waals surface area contributed by atoms with Gasteiger partial charge in [-0.1, -0.05) is 30.3 Å². The summed E-state index contributed by atoms with van der Waals surface area (Å²) in [6.45, 7) is 3.14. The van der Waals surface area contributed by atoms with Crippen molar-refractivity contribution in [3.05, 3.63) is 47.4 Å². The number of hydrogen-bond donors (Lipinski definition) is 1. The molecule has 0 atom stereocenters. The van der Waals surface area contributed by atoms with Crippen molar-refractivity contribution in [2.75, 3.05) is 0 Å². The molecule has 1 heterocycles. The zero-order valence-corrected chi connectivity index (χ0v) is 9.77. The minimum atomic E-state index is -1.11. The van der Waals surface area contributed by atoms with E-state index in [9.17, 15) is 9.90 Å². The Kier molecular flexibility index (Phi) is 2.79. The summed E-state index contributed by atoms with van der Waals surface area (Å²) in [5.74, 6) is -2.00. The highest BCUT2D eigenvalue weighted by molar-refractivity contribution is 5.90. The Hall–Kier alpha value is -1.97. The molecule has 4 heteroatoms. The fourth-order valence-electron chi connectivity index (χ4n) is 1.64. The van der Waals surface area contributed by atoms with E-state index >= 15 is 0 Å². The first-order chi connectivity index (χ1) is 7.98. The van der Waals surface area contributed by atoms with Crippen LogP contribution in [0.15, 0.2) is 41.9 Å². The van der Waals surface area contributed by atoms with Gasteiger partial charge in [-0.2, -0.15) is 0 Å². The van der Waals surface area contributed by atoms with Crippen molar-refractivity contribution >= 4 is 5.97 Å². The van der Waals surface area contributed by atoms with Crippen molar-refractivity contribution in [3.63, 3.8) is 0 Å². The molecule has 0 spiro atoms. The Labute approximate surface area is 99.5 Å². The van der Waals surface area contributed by atoms with Crippen LogP contribution in [-0.4, -0.2) is 16.9 Å². The standard InChI is InChI=1S/C13H14O4/c1-13(2)16-11(14)10(12(15)17-13)8-9-6-4-3-5-7-9/h3-7,14H,8H2,1-2H3. The summed E-state index contributed by atoms with van der Waals surface area (Å²) in [6, 6.07) is 9.36. The van der Waals surface area contributed by atoms with E-state index in [-0.39, 0.29) is 11.5 Å². The lowest BCUT2D eigenvalue weighted by Crippen LogP contribution is -2.37. The van der Waals surface area contributed by atoms with Crippen LogP contribution in [0.5, 0.6) is 0 Å². The third-order valence-corrected chi connectivity index (χ3v) is 2.41. The highest BCUT2D eigenvalue weighted by Crippen LogP contribution is 2.26. The van der Waals surface area contributed by atoms with Gasteiger partial charge in [0.2, 0.25) is 0 Å². The molecule has 0 aromatic heterocycles. The number of carbonyl (C=O) groups excluding carboxylic acids is 1. The Morgan fingerprint density at radius 1 is 1.18 bits per heavy atom. The van der Waals surface area contributed by atoms with Crippen LogP contribution in [0, 0.1) is 0 Å². The van der Waals surface area contributed by atoms with Crippen LogP contribution in [0.25, 0.3) is 0 Å². The SMILES string of the molecule is CC1(C)OC(=O)C(Cc2ccccc2)=C(O)O1. The number of carbonyl (C=O) groups is 1. The first kappa shape index (κ1) is 11.5. The van der Waals surface area contributed by atoms with Gasteiger partial charge < -0.3 is 14.6 Å². The topological polar surface area (TPSA) is 55.8 Å². The summed E-state index contributed by atoms with van der Waals surface area (Å²) in [6.07, 6.45) is 0.293. The van der Waals surface area contributed by atoms with Crippen molar-refractivity contribution < 1.29 is 19.4 Å². The molecule has 1 aromatic carbocycles. The molecule has 90 valence electrons. The van der Waals surface area contributed by atoms with E-state index in [1.54, 1.807) is 13.8 Å². The maximum absolute atomic E-state index is 11.7. The lowest BCUT2D eigenvalue weighted by molar-refractivity contribution is -0.222. The van der Waals surface area contributed by atoms with E-state index in [2.05, 4.69) is 0 Å². The Bertz CT molecular complexity index is 460. The van der Waals surface area contributed by atoms with Crippen LogP contribution >= 0.6 is 0 Å². The van der Waals surface area contributed by atoms with E-state index in [1.807, 2.05) is 30.3 Å². The molecule has 0 amide bonds. The molecular weight excluding hydrogens is 220 g/mol. The molecule has 0 fully saturated rings. The lowest BCUT2D eigenvalue weighted by Gasteiger charge is -2.30. The number of aliphatic hydroxyl groups is 1. The van der Waals surface area contributed by atoms with Crippen LogP contribution in [0.4, 0.5) is 0 Å². The number of benzene rings is 1. The second-order valence-electron chi connectivity index (χ2n) is 4.34. The maximum Gasteiger partial charge on any atom is 0.344 e. The molecule has 2 rings (SSSR count). The minimum Gasteiger partial charge on any atom is -0.481 e. The Morgan fingerprint density at radius 2 is 1.82 bits per heavy atom. The Balaban J connectivity index is 2.24. The quantitative estimate of drug-likeness (QED) is 0.798. The Morgan fingerprint density at radius 3 is 2.41 bits per heavy atom. The molecule has 0 unspecified atom stereocenters. The van der Waals surface area contributed by atoms with Crippen LogP contribution in [0.2, 0.25) is 0 Å². The fourth-order valence-corrected chi connectivity index (χ4v) is 1.64. The van der Waals surface area contributed by atoms with Crippen LogP contribution in [-0.2, 0) is 20.7 Å². The predicted molar refractivity (Wildman–Crippen MR) is 61.1 cm³/mol. The highest BCUT2D eigenvalue weighted by Gasteiger charge is 2.35. The second kappa shape index (κ2) is 4.13. The normalized spacial score (nSPS) is 18.6. The average Bonchev–Trinajstić information content (AvgIpc) is 2.24. The summed E-state index contributed by atoms with van der Waals surface area (Å²) < 4.78 is 10.2. The average molecular weight is 234 g/mol. The molecule has 1 aromatic rings. The van der Waals surface area contributed by atoms with Gasteiger partial charge in [0.05, 0.1) is 0 Å². The lowest BCUT2D eigenvalue weighted by atomic mass is 10.1. The van der Waals surface area contributed by atoms with Gasteiger partial charge in [-0.3, -0.25) is 0 Å². The van der Waals surface area contributed by atoms with Crippen molar-refractivity contribution in [1.82, 2.24) is 0 Å². The zero-order valence-electron chi connectivity index (χ0n) is 9.77. The van der Waals surface area contributed by atoms with Gasteiger partial charge in [-0.15, -0.1) is 0 Å². The van der Waals surface area contributed by atoms with E-state index < -0.39 is 11.8 Å². The molecule has 1 aliphatic heterocycles. The molecule has 4 nitrogen and oxygen atoms in total. The second-order valence-corrected chi connectivity index (χ2v) is 4.34. The molecule has 0 bridgehead atoms. The highest BCUT2D eigenvalue weighted by atomic mass is 16.8. The van der Waals surface area contributed by atoms with Gasteiger partial charge in [-0.25, -0.2) is 4.79 Å². The molecule has 0 radical (unpaired) electrons. The number of esters is 1. The largest absolute Gasteiger partial charge is 0.481 e. The number of aliphatic hydroxyl groups excluding tert-OH is 1. The monoisotopic (exact) mass is 234 g/mol. The minimum absolute atomic E-state index is 0.149. The van der Waals surface area contributed by atoms with Crippen molar-refractivity contribution in [3.8, 4) is 0 Å². The van der Waals surface area contributed by atoms with E-state index in [4.69, 9.17) is 9.47 Å². The van der Waals surface area contributed by atoms with Crippen LogP contribution in [0.3, 0.4) is 0 Å². The first-order valence-corrected chi connectivity index (χ1v) is 5.36. The summed E-state index contributed by atoms with van der Waals surface area (Å²) in [4.78, 5) is 11.7. The van der Waals surface area contributed by atoms with Gasteiger partial charge >= 0.3 is 5.97 Å². The summed E-state index contributed by atoms with van der Waals surface area (Å²) in [5.41, 5.74) is 1.06. The molecule has 17 heavy (non-hydrogen) atoms. The predicted octanol–water partition coefficient (Wildman–Crippen LogP) is 2.31. The summed E-state index contributed by atoms with van der Waals surface area (Å²) >= 11 is 0. The third-order valence-electron chi connectivity index (χ3n) is 2.41. The molecule has 1 N–H and O–H groups in total. The number of hydrogen-bond acceptors (Lipinski definition) is 4. The smallest absolute Gasteiger partial charge is 0.344 e. The van der Waals surface area contributed by atoms with Gasteiger partial charge in [0.1, 0.15) is 5.57 Å². The van der Waals surface area contributed by atoms with Crippen molar-refractivity contribution in [1.29, 1.82) is 0 Å². The molecular formula is C13H14O4. The van der Waals surface area contributed by atoms with Gasteiger partial charge in [0, 0.05) is 20.3 Å². The van der Waals surface area contributed by atoms with Crippen LogP contribution in [0.1, 0.15) is 19.4 Å². The summed E-state index contributed by atoms with van der Waals surface area (Å²) in [7, 11) is 0. The van der Waals surface area contributed by atoms with Gasteiger partial charge in [0.15, 0.2) is 0 Å². The zero-order chi connectivity index (χ0) is 12.5. The molecule has 0 saturated heterocycles. The van der Waals surface area contributed by atoms with Crippen molar-refractivity contribution in [2.24, 2.45) is 0 Å². The van der Waals surface area contributed by atoms with E-state index in [1.165, 1.54) is 0 Å². The third kappa shape index (κ3) is 2.58. The molecule has 0 saturated carbocycles. The maximum atomic E-state index is 11.7. The number of rotatable bonds is 2. The van der Waals surface area contributed by atoms with Gasteiger partial charge in [-0.05, 0) is 5.56 Å². The first-order valence-electron chi connectivity index (χ1n) is 5.36. The number of ether oxygens (including phenoxy) is 2. The molecule has 1 aliphatic rings. The van der Waals surface area contributed by atoms with E-state index in [0.29, 0.717) is 6.42 Å². The summed E-state index contributed by atoms with van der Waals surface area (Å²) in [5, 5.41) is 9.69. The molecule has 0 aliphatic carbocycles. The van der Waals surface area contributed by atoms with Crippen molar-refractivity contribution in [2.45, 2.75) is 26.1 Å². The van der Waals surface area contributed by atoms with E-state index in [0.717, 1.165) is 5.56 Å².